The van der Waals surface area contributed by atoms with Gasteiger partial charge in [0.2, 0.25) is 10.0 Å². The molecular formula is C20H30N2O4S. The van der Waals surface area contributed by atoms with E-state index in [1.54, 1.807) is 12.1 Å². The Labute approximate surface area is 162 Å². The summed E-state index contributed by atoms with van der Waals surface area (Å²) >= 11 is 0. The predicted molar refractivity (Wildman–Crippen MR) is 104 cm³/mol. The number of hydrogen-bond acceptors (Lipinski definition) is 4. The van der Waals surface area contributed by atoms with E-state index in [1.165, 1.54) is 13.2 Å². The molecule has 0 bridgehead atoms. The highest BCUT2D eigenvalue weighted by atomic mass is 32.2. The number of benzene rings is 1. The van der Waals surface area contributed by atoms with Crippen molar-refractivity contribution < 1.29 is 17.9 Å². The molecule has 0 spiro atoms. The zero-order chi connectivity index (χ0) is 19.4. The Bertz CT molecular complexity index is 764. The van der Waals surface area contributed by atoms with E-state index in [4.69, 9.17) is 4.74 Å². The lowest BCUT2D eigenvalue weighted by atomic mass is 9.87. The van der Waals surface area contributed by atoms with Crippen LogP contribution >= 0.6 is 0 Å². The standard InChI is InChI=1S/C20H30N2O4S/c1-14-7-10-16(11-8-14)21-20(23)15-9-12-18(26-2)19(13-15)27(24,25)22-17-5-3-4-6-17/h9,12-14,16-17,22H,3-8,10-11H2,1-2H3,(H,21,23). The minimum atomic E-state index is -3.74. The molecule has 1 aromatic carbocycles. The fourth-order valence-electron chi connectivity index (χ4n) is 4.03. The summed E-state index contributed by atoms with van der Waals surface area (Å²) in [5.41, 5.74) is 0.348. The Kier molecular flexibility index (Phi) is 6.42. The minimum absolute atomic E-state index is 0.0295. The summed E-state index contributed by atoms with van der Waals surface area (Å²) in [6.45, 7) is 2.23. The topological polar surface area (TPSA) is 84.5 Å². The number of hydrogen-bond donors (Lipinski definition) is 2. The summed E-state index contributed by atoms with van der Waals surface area (Å²) in [7, 11) is -2.30. The molecule has 1 amide bonds. The van der Waals surface area contributed by atoms with Crippen LogP contribution in [0.1, 0.15) is 68.6 Å². The van der Waals surface area contributed by atoms with Crippen LogP contribution in [-0.2, 0) is 10.0 Å². The number of rotatable bonds is 6. The highest BCUT2D eigenvalue weighted by molar-refractivity contribution is 7.89. The Morgan fingerprint density at radius 3 is 2.33 bits per heavy atom. The van der Waals surface area contributed by atoms with Gasteiger partial charge in [-0.2, -0.15) is 0 Å². The molecule has 2 fully saturated rings. The van der Waals surface area contributed by atoms with Crippen molar-refractivity contribution >= 4 is 15.9 Å². The number of amides is 1. The van der Waals surface area contributed by atoms with Crippen LogP contribution in [0.2, 0.25) is 0 Å². The molecule has 0 radical (unpaired) electrons. The number of carbonyl (C=O) groups is 1. The molecule has 150 valence electrons. The van der Waals surface area contributed by atoms with Crippen molar-refractivity contribution in [1.29, 1.82) is 0 Å². The molecule has 0 saturated heterocycles. The maximum atomic E-state index is 12.8. The van der Waals surface area contributed by atoms with Gasteiger partial charge in [0.05, 0.1) is 7.11 Å². The summed E-state index contributed by atoms with van der Waals surface area (Å²) in [6.07, 6.45) is 7.93. The number of sulfonamides is 1. The lowest BCUT2D eigenvalue weighted by Gasteiger charge is -2.27. The smallest absolute Gasteiger partial charge is 0.251 e. The zero-order valence-electron chi connectivity index (χ0n) is 16.2. The summed E-state index contributed by atoms with van der Waals surface area (Å²) < 4.78 is 33.7. The van der Waals surface area contributed by atoms with Crippen molar-refractivity contribution in [2.45, 2.75) is 75.3 Å². The number of methoxy groups -OCH3 is 1. The Hall–Kier alpha value is -1.60. The van der Waals surface area contributed by atoms with Gasteiger partial charge in [-0.25, -0.2) is 13.1 Å². The first kappa shape index (κ1) is 20.1. The van der Waals surface area contributed by atoms with Crippen molar-refractivity contribution in [1.82, 2.24) is 10.0 Å². The van der Waals surface area contributed by atoms with E-state index in [0.717, 1.165) is 51.4 Å². The third-order valence-electron chi connectivity index (χ3n) is 5.74. The molecule has 2 N–H and O–H groups in total. The molecule has 1 aromatic rings. The van der Waals surface area contributed by atoms with Gasteiger partial charge in [-0.15, -0.1) is 0 Å². The summed E-state index contributed by atoms with van der Waals surface area (Å²) in [4.78, 5) is 12.7. The van der Waals surface area contributed by atoms with E-state index < -0.39 is 10.0 Å². The highest BCUT2D eigenvalue weighted by Crippen LogP contribution is 2.28. The largest absolute Gasteiger partial charge is 0.495 e. The first-order valence-electron chi connectivity index (χ1n) is 9.90. The van der Waals surface area contributed by atoms with E-state index in [1.807, 2.05) is 0 Å². The van der Waals surface area contributed by atoms with Crippen LogP contribution < -0.4 is 14.8 Å². The molecule has 0 aromatic heterocycles. The van der Waals surface area contributed by atoms with Gasteiger partial charge in [-0.1, -0.05) is 19.8 Å². The molecule has 7 heteroatoms. The van der Waals surface area contributed by atoms with Gasteiger partial charge in [0.25, 0.3) is 5.91 Å². The number of ether oxygens (including phenoxy) is 1. The first-order valence-corrected chi connectivity index (χ1v) is 11.4. The van der Waals surface area contributed by atoms with Gasteiger partial charge in [0, 0.05) is 17.6 Å². The van der Waals surface area contributed by atoms with Crippen LogP contribution in [-0.4, -0.2) is 33.5 Å². The van der Waals surface area contributed by atoms with Crippen molar-refractivity contribution in [2.75, 3.05) is 7.11 Å². The maximum absolute atomic E-state index is 12.8. The van der Waals surface area contributed by atoms with Crippen molar-refractivity contribution in [3.05, 3.63) is 23.8 Å². The quantitative estimate of drug-likeness (QED) is 0.776. The van der Waals surface area contributed by atoms with Gasteiger partial charge in [0.15, 0.2) is 0 Å². The average molecular weight is 395 g/mol. The van der Waals surface area contributed by atoms with Crippen molar-refractivity contribution in [2.24, 2.45) is 5.92 Å². The summed E-state index contributed by atoms with van der Waals surface area (Å²) in [5.74, 6) is 0.732. The molecule has 0 atom stereocenters. The molecule has 2 aliphatic carbocycles. The van der Waals surface area contributed by atoms with Gasteiger partial charge in [0.1, 0.15) is 10.6 Å². The Balaban J connectivity index is 1.77. The molecule has 0 aliphatic heterocycles. The lowest BCUT2D eigenvalue weighted by Crippen LogP contribution is -2.37. The summed E-state index contributed by atoms with van der Waals surface area (Å²) in [6, 6.07) is 4.72. The Morgan fingerprint density at radius 1 is 1.04 bits per heavy atom. The van der Waals surface area contributed by atoms with Gasteiger partial charge in [-0.3, -0.25) is 4.79 Å². The SMILES string of the molecule is COc1ccc(C(=O)NC2CCC(C)CC2)cc1S(=O)(=O)NC1CCCC1. The molecule has 2 aliphatic rings. The molecule has 2 saturated carbocycles. The van der Waals surface area contributed by atoms with Crippen LogP contribution in [0.15, 0.2) is 23.1 Å². The van der Waals surface area contributed by atoms with Gasteiger partial charge in [-0.05, 0) is 62.6 Å². The highest BCUT2D eigenvalue weighted by Gasteiger charge is 2.27. The lowest BCUT2D eigenvalue weighted by molar-refractivity contribution is 0.0922. The summed E-state index contributed by atoms with van der Waals surface area (Å²) in [5, 5.41) is 3.05. The van der Waals surface area contributed by atoms with E-state index in [-0.39, 0.29) is 28.6 Å². The molecule has 0 heterocycles. The van der Waals surface area contributed by atoms with Crippen LogP contribution in [0.5, 0.6) is 5.75 Å². The fraction of sp³-hybridized carbons (Fsp3) is 0.650. The zero-order valence-corrected chi connectivity index (χ0v) is 17.0. The van der Waals surface area contributed by atoms with E-state index >= 15 is 0 Å². The third kappa shape index (κ3) is 5.02. The van der Waals surface area contributed by atoms with E-state index in [2.05, 4.69) is 17.0 Å². The Morgan fingerprint density at radius 2 is 1.70 bits per heavy atom. The normalized spacial score (nSPS) is 23.9. The number of carbonyl (C=O) groups excluding carboxylic acids is 1. The molecular weight excluding hydrogens is 364 g/mol. The van der Waals surface area contributed by atoms with Crippen molar-refractivity contribution in [3.63, 3.8) is 0 Å². The van der Waals surface area contributed by atoms with E-state index in [9.17, 15) is 13.2 Å². The van der Waals surface area contributed by atoms with Gasteiger partial charge >= 0.3 is 0 Å². The molecule has 0 unspecified atom stereocenters. The first-order chi connectivity index (χ1) is 12.9. The fourth-order valence-corrected chi connectivity index (χ4v) is 5.53. The monoisotopic (exact) mass is 394 g/mol. The average Bonchev–Trinajstić information content (AvgIpc) is 3.15. The van der Waals surface area contributed by atoms with Crippen LogP contribution in [0.4, 0.5) is 0 Å². The minimum Gasteiger partial charge on any atom is -0.495 e. The second kappa shape index (κ2) is 8.61. The maximum Gasteiger partial charge on any atom is 0.251 e. The van der Waals surface area contributed by atoms with Crippen LogP contribution in [0.25, 0.3) is 0 Å². The van der Waals surface area contributed by atoms with Crippen LogP contribution in [0, 0.1) is 5.92 Å². The molecule has 27 heavy (non-hydrogen) atoms. The predicted octanol–water partition coefficient (Wildman–Crippen LogP) is 3.22. The van der Waals surface area contributed by atoms with Crippen molar-refractivity contribution in [3.8, 4) is 5.75 Å². The molecule has 3 rings (SSSR count). The number of nitrogens with one attached hydrogen (secondary N) is 2. The second-order valence-electron chi connectivity index (χ2n) is 7.90. The van der Waals surface area contributed by atoms with Crippen LogP contribution in [0.3, 0.4) is 0 Å². The van der Waals surface area contributed by atoms with E-state index in [0.29, 0.717) is 11.5 Å². The van der Waals surface area contributed by atoms with Gasteiger partial charge < -0.3 is 10.1 Å². The second-order valence-corrected chi connectivity index (χ2v) is 9.58. The third-order valence-corrected chi connectivity index (χ3v) is 7.29. The molecule has 6 nitrogen and oxygen atoms in total.